The van der Waals surface area contributed by atoms with Gasteiger partial charge in [0.1, 0.15) is 0 Å². The van der Waals surface area contributed by atoms with Crippen LogP contribution in [0.3, 0.4) is 0 Å². The molecule has 2 nitrogen and oxygen atoms in total. The Morgan fingerprint density at radius 1 is 1.23 bits per heavy atom. The topological polar surface area (TPSA) is 32.6 Å². The molecule has 0 aliphatic rings. The monoisotopic (exact) mass is 209 g/mol. The van der Waals surface area contributed by atoms with Crippen LogP contribution in [-0.4, -0.2) is 10.4 Å². The molecule has 1 rings (SSSR count). The van der Waals surface area contributed by atoms with Gasteiger partial charge in [-0.1, -0.05) is 16.8 Å². The van der Waals surface area contributed by atoms with E-state index >= 15 is 0 Å². The summed E-state index contributed by atoms with van der Waals surface area (Å²) in [4.78, 5) is 0. The van der Waals surface area contributed by atoms with Crippen LogP contribution in [0.2, 0.25) is 0 Å². The third-order valence-corrected chi connectivity index (χ3v) is 1.62. The lowest BCUT2D eigenvalue weighted by Gasteiger charge is -2.00. The van der Waals surface area contributed by atoms with Crippen molar-refractivity contribution in [1.29, 1.82) is 0 Å². The summed E-state index contributed by atoms with van der Waals surface area (Å²) in [6, 6.07) is 1.55. The lowest BCUT2D eigenvalue weighted by Crippen LogP contribution is -2.01. The summed E-state index contributed by atoms with van der Waals surface area (Å²) in [7, 11) is 0. The molecule has 70 valence electrons. The van der Waals surface area contributed by atoms with E-state index in [2.05, 4.69) is 5.16 Å². The van der Waals surface area contributed by atoms with Crippen molar-refractivity contribution in [2.24, 2.45) is 5.16 Å². The van der Waals surface area contributed by atoms with Gasteiger partial charge in [0.15, 0.2) is 22.6 Å². The first-order chi connectivity index (χ1) is 6.07. The van der Waals surface area contributed by atoms with Gasteiger partial charge < -0.3 is 5.21 Å². The molecule has 0 aromatic heterocycles. The molecule has 1 N–H and O–H groups in total. The molecule has 0 spiro atoms. The fourth-order valence-corrected chi connectivity index (χ4v) is 0.885. The van der Waals surface area contributed by atoms with Crippen molar-refractivity contribution in [1.82, 2.24) is 0 Å². The van der Waals surface area contributed by atoms with Gasteiger partial charge >= 0.3 is 0 Å². The minimum atomic E-state index is -1.65. The Balaban J connectivity index is 3.34. The molecule has 0 bridgehead atoms. The molecule has 0 aliphatic carbocycles. The smallest absolute Gasteiger partial charge is 0.195 e. The molecule has 0 aliphatic heterocycles. The quantitative estimate of drug-likeness (QED) is 0.328. The fraction of sp³-hybridized carbons (Fsp3) is 0. The Kier molecular flexibility index (Phi) is 2.77. The number of oxime groups is 1. The van der Waals surface area contributed by atoms with Gasteiger partial charge in [-0.05, 0) is 12.1 Å². The van der Waals surface area contributed by atoms with E-state index in [4.69, 9.17) is 16.8 Å². The van der Waals surface area contributed by atoms with Crippen LogP contribution < -0.4 is 0 Å². The molecule has 0 heterocycles. The molecule has 0 saturated heterocycles. The Hall–Kier alpha value is -1.23. The summed E-state index contributed by atoms with van der Waals surface area (Å²) in [6.07, 6.45) is 0. The van der Waals surface area contributed by atoms with Crippen molar-refractivity contribution in [3.05, 3.63) is 35.1 Å². The van der Waals surface area contributed by atoms with Gasteiger partial charge in [-0.15, -0.1) is 0 Å². The van der Waals surface area contributed by atoms with Gasteiger partial charge in [0.2, 0.25) is 0 Å². The van der Waals surface area contributed by atoms with Crippen molar-refractivity contribution >= 4 is 16.8 Å². The average Bonchev–Trinajstić information content (AvgIpc) is 2.13. The van der Waals surface area contributed by atoms with Gasteiger partial charge in [0, 0.05) is 0 Å². The Morgan fingerprint density at radius 2 is 1.85 bits per heavy atom. The first-order valence-corrected chi connectivity index (χ1v) is 3.47. The summed E-state index contributed by atoms with van der Waals surface area (Å²) in [5.74, 6) is -4.47. The van der Waals surface area contributed by atoms with E-state index in [9.17, 15) is 13.2 Å². The van der Waals surface area contributed by atoms with Gasteiger partial charge in [0.25, 0.3) is 0 Å². The fourth-order valence-electron chi connectivity index (χ4n) is 0.739. The molecular formula is C7H3ClF3NO. The van der Waals surface area contributed by atoms with Gasteiger partial charge in [-0.25, -0.2) is 13.2 Å². The highest BCUT2D eigenvalue weighted by Crippen LogP contribution is 2.17. The van der Waals surface area contributed by atoms with Crippen molar-refractivity contribution in [3.8, 4) is 0 Å². The molecule has 0 saturated carbocycles. The van der Waals surface area contributed by atoms with Crippen LogP contribution in [0.4, 0.5) is 13.2 Å². The molecule has 6 heteroatoms. The second kappa shape index (κ2) is 3.66. The lowest BCUT2D eigenvalue weighted by molar-refractivity contribution is 0.320. The molecule has 0 unspecified atom stereocenters. The zero-order chi connectivity index (χ0) is 10.0. The van der Waals surface area contributed by atoms with Gasteiger partial charge in [0.05, 0.1) is 5.56 Å². The summed E-state index contributed by atoms with van der Waals surface area (Å²) < 4.78 is 37.7. The van der Waals surface area contributed by atoms with Crippen LogP contribution in [0, 0.1) is 17.5 Å². The second-order valence-electron chi connectivity index (χ2n) is 2.11. The van der Waals surface area contributed by atoms with Crippen molar-refractivity contribution in [2.45, 2.75) is 0 Å². The zero-order valence-electron chi connectivity index (χ0n) is 6.06. The molecule has 0 atom stereocenters. The van der Waals surface area contributed by atoms with Crippen molar-refractivity contribution in [2.75, 3.05) is 0 Å². The minimum absolute atomic E-state index is 0.497. The van der Waals surface area contributed by atoms with Crippen LogP contribution >= 0.6 is 11.6 Å². The number of hydrogen-bond donors (Lipinski definition) is 1. The largest absolute Gasteiger partial charge is 0.410 e. The normalized spacial score (nSPS) is 11.8. The maximum Gasteiger partial charge on any atom is 0.195 e. The van der Waals surface area contributed by atoms with E-state index in [-0.39, 0.29) is 0 Å². The highest BCUT2D eigenvalue weighted by Gasteiger charge is 2.16. The van der Waals surface area contributed by atoms with Gasteiger partial charge in [-0.2, -0.15) is 0 Å². The molecule has 1 aromatic rings. The SMILES string of the molecule is O/N=C(/Cl)c1ccc(F)c(F)c1F. The predicted molar refractivity (Wildman–Crippen MR) is 40.5 cm³/mol. The van der Waals surface area contributed by atoms with Crippen LogP contribution in [-0.2, 0) is 0 Å². The minimum Gasteiger partial charge on any atom is -0.410 e. The van der Waals surface area contributed by atoms with Crippen LogP contribution in [0.1, 0.15) is 5.56 Å². The number of rotatable bonds is 1. The zero-order valence-corrected chi connectivity index (χ0v) is 6.82. The average molecular weight is 210 g/mol. The van der Waals surface area contributed by atoms with Gasteiger partial charge in [-0.3, -0.25) is 0 Å². The van der Waals surface area contributed by atoms with E-state index in [1.54, 1.807) is 0 Å². The molecule has 0 amide bonds. The number of hydrogen-bond acceptors (Lipinski definition) is 2. The third-order valence-electron chi connectivity index (χ3n) is 1.35. The maximum absolute atomic E-state index is 12.8. The summed E-state index contributed by atoms with van der Waals surface area (Å²) >= 11 is 5.19. The van der Waals surface area contributed by atoms with Crippen LogP contribution in [0.15, 0.2) is 17.3 Å². The number of benzene rings is 1. The van der Waals surface area contributed by atoms with E-state index in [0.717, 1.165) is 6.07 Å². The van der Waals surface area contributed by atoms with E-state index < -0.39 is 28.2 Å². The predicted octanol–water partition coefficient (Wildman–Crippen LogP) is 2.48. The Labute approximate surface area is 76.2 Å². The molecule has 13 heavy (non-hydrogen) atoms. The molecular weight excluding hydrogens is 207 g/mol. The maximum atomic E-state index is 12.8. The highest BCUT2D eigenvalue weighted by molar-refractivity contribution is 6.69. The van der Waals surface area contributed by atoms with Crippen LogP contribution in [0.5, 0.6) is 0 Å². The van der Waals surface area contributed by atoms with E-state index in [1.165, 1.54) is 0 Å². The van der Waals surface area contributed by atoms with E-state index in [0.29, 0.717) is 6.07 Å². The number of nitrogens with zero attached hydrogens (tertiary/aromatic N) is 1. The summed E-state index contributed by atoms with van der Waals surface area (Å²) in [5, 5.41) is 9.95. The first-order valence-electron chi connectivity index (χ1n) is 3.09. The number of halogens is 4. The Morgan fingerprint density at radius 3 is 2.38 bits per heavy atom. The standard InChI is InChI=1S/C7H3ClF3NO/c8-7(12-13)3-1-2-4(9)6(11)5(3)10/h1-2,13H/b12-7+. The summed E-state index contributed by atoms with van der Waals surface area (Å²) in [6.45, 7) is 0. The Bertz CT molecular complexity index is 367. The first kappa shape index (κ1) is 9.85. The molecule has 1 aromatic carbocycles. The van der Waals surface area contributed by atoms with E-state index in [1.807, 2.05) is 0 Å². The lowest BCUT2D eigenvalue weighted by atomic mass is 10.2. The van der Waals surface area contributed by atoms with Crippen molar-refractivity contribution in [3.63, 3.8) is 0 Å². The second-order valence-corrected chi connectivity index (χ2v) is 2.47. The molecule has 0 radical (unpaired) electrons. The molecule has 0 fully saturated rings. The highest BCUT2D eigenvalue weighted by atomic mass is 35.5. The summed E-state index contributed by atoms with van der Waals surface area (Å²) in [5.41, 5.74) is -0.497. The van der Waals surface area contributed by atoms with Crippen LogP contribution in [0.25, 0.3) is 0 Å². The van der Waals surface area contributed by atoms with Crippen molar-refractivity contribution < 1.29 is 18.4 Å². The third kappa shape index (κ3) is 1.75.